The number of aryl methyl sites for hydroxylation is 2. The Morgan fingerprint density at radius 2 is 0.744 bits per heavy atom. The van der Waals surface area contributed by atoms with E-state index >= 15 is 0 Å². The van der Waals surface area contributed by atoms with Gasteiger partial charge in [0.1, 0.15) is 0 Å². The van der Waals surface area contributed by atoms with Crippen molar-refractivity contribution >= 4 is 47.2 Å². The molecule has 10 heteroatoms. The van der Waals surface area contributed by atoms with Crippen molar-refractivity contribution in [3.63, 3.8) is 0 Å². The second-order valence-corrected chi connectivity index (χ2v) is 21.8. The first kappa shape index (κ1) is 52.3. The summed E-state index contributed by atoms with van der Waals surface area (Å²) in [4.78, 5) is 44.9. The Balaban J connectivity index is 1.08. The molecule has 0 saturated heterocycles. The summed E-state index contributed by atoms with van der Waals surface area (Å²) in [7, 11) is 0. The van der Waals surface area contributed by atoms with Crippen molar-refractivity contribution in [1.82, 2.24) is 29.9 Å². The normalized spacial score (nSPS) is 18.9. The van der Waals surface area contributed by atoms with Crippen molar-refractivity contribution in [2.75, 3.05) is 0 Å². The molecule has 0 fully saturated rings. The first-order valence-corrected chi connectivity index (χ1v) is 29.2. The lowest BCUT2D eigenvalue weighted by Crippen LogP contribution is -2.03. The molecule has 0 unspecified atom stereocenters. The molecule has 6 N–H and O–H groups in total. The molecule has 11 heterocycles. The van der Waals surface area contributed by atoms with E-state index in [9.17, 15) is 0 Å². The van der Waals surface area contributed by atoms with E-state index in [4.69, 9.17) is 20.0 Å². The zero-order chi connectivity index (χ0) is 54.5. The number of aliphatic imine (C=N–C) groups is 4. The van der Waals surface area contributed by atoms with E-state index in [0.717, 1.165) is 191 Å². The van der Waals surface area contributed by atoms with Crippen LogP contribution in [-0.4, -0.2) is 52.8 Å². The minimum absolute atomic E-state index is 0.882. The van der Waals surface area contributed by atoms with Gasteiger partial charge in [-0.05, 0) is 219 Å². The SMILES string of the molecule is CCCC1=CC2=N/C1=C\c1[nH]c(c(C)c1CC)C1=N/C(=C\c3[nH]c(cc3CCC)-c3ccc([nH]3)C3=N/C(=C\c4[nH]c(c(C)c4CC)C4=N/C(=C\c5[nH]c(cc5CCC)-c5ccc2[nH]5)C(CC)=C4C)C(CCC)=C3)C(CC)=C1C. The summed E-state index contributed by atoms with van der Waals surface area (Å²) in [5, 5.41) is 0. The molecule has 0 spiro atoms. The van der Waals surface area contributed by atoms with E-state index in [0.29, 0.717) is 0 Å². The maximum atomic E-state index is 5.50. The minimum Gasteiger partial charge on any atom is -0.354 e. The monoisotopic (exact) mass is 1030 g/mol. The number of aromatic amines is 6. The van der Waals surface area contributed by atoms with Crippen LogP contribution in [0.1, 0.15) is 200 Å². The zero-order valence-corrected chi connectivity index (χ0v) is 48.2. The van der Waals surface area contributed by atoms with Crippen molar-refractivity contribution < 1.29 is 0 Å². The number of H-pyrrole nitrogens is 6. The van der Waals surface area contributed by atoms with Crippen LogP contribution in [0.15, 0.2) is 125 Å². The molecule has 6 aromatic heterocycles. The summed E-state index contributed by atoms with van der Waals surface area (Å²) >= 11 is 0. The molecule has 0 saturated carbocycles. The fourth-order valence-corrected chi connectivity index (χ4v) is 12.7. The van der Waals surface area contributed by atoms with Crippen LogP contribution in [0.5, 0.6) is 0 Å². The average molecular weight is 1040 g/mol. The molecule has 78 heavy (non-hydrogen) atoms. The summed E-state index contributed by atoms with van der Waals surface area (Å²) in [6, 6.07) is 13.4. The van der Waals surface area contributed by atoms with Crippen molar-refractivity contribution in [1.29, 1.82) is 0 Å². The topological polar surface area (TPSA) is 144 Å². The Morgan fingerprint density at radius 3 is 1.12 bits per heavy atom. The second kappa shape index (κ2) is 21.6. The number of hydrogen-bond acceptors (Lipinski definition) is 4. The van der Waals surface area contributed by atoms with Crippen LogP contribution in [0.2, 0.25) is 0 Å². The van der Waals surface area contributed by atoms with Gasteiger partial charge < -0.3 is 29.9 Å². The third kappa shape index (κ3) is 9.30. The van der Waals surface area contributed by atoms with Gasteiger partial charge in [0.15, 0.2) is 0 Å². The van der Waals surface area contributed by atoms with Crippen LogP contribution < -0.4 is 0 Å². The minimum atomic E-state index is 0.882. The largest absolute Gasteiger partial charge is 0.354 e. The molecule has 10 nitrogen and oxygen atoms in total. The van der Waals surface area contributed by atoms with E-state index < -0.39 is 0 Å². The van der Waals surface area contributed by atoms with Gasteiger partial charge in [-0.25, -0.2) is 20.0 Å². The first-order valence-electron chi connectivity index (χ1n) is 29.2. The van der Waals surface area contributed by atoms with Gasteiger partial charge in [0.2, 0.25) is 0 Å². The Labute approximate surface area is 461 Å². The molecule has 0 radical (unpaired) electrons. The quantitative estimate of drug-likeness (QED) is 0.0694. The molecule has 11 rings (SSSR count). The van der Waals surface area contributed by atoms with Crippen molar-refractivity contribution in [2.45, 2.75) is 160 Å². The number of nitrogens with zero attached hydrogens (tertiary/aromatic N) is 4. The zero-order valence-electron chi connectivity index (χ0n) is 48.2. The maximum absolute atomic E-state index is 5.50. The van der Waals surface area contributed by atoms with Crippen molar-refractivity contribution in [3.05, 3.63) is 184 Å². The van der Waals surface area contributed by atoms with E-state index in [1.807, 2.05) is 0 Å². The molecule has 6 aromatic rings. The molecule has 0 aliphatic carbocycles. The number of fused-ring (bicyclic) bond motifs is 22. The smallest absolute Gasteiger partial charge is 0.0907 e. The molecule has 400 valence electrons. The fraction of sp³-hybridized carbons (Fsp3) is 0.353. The summed E-state index contributed by atoms with van der Waals surface area (Å²) < 4.78 is 0. The van der Waals surface area contributed by atoms with Crippen LogP contribution in [0.4, 0.5) is 0 Å². The lowest BCUT2D eigenvalue weighted by atomic mass is 9.98. The molecule has 0 aromatic carbocycles. The van der Waals surface area contributed by atoms with Crippen molar-refractivity contribution in [2.24, 2.45) is 20.0 Å². The standard InChI is InChI=1S/C68H78N10/c1-13-21-41-29-61-49-25-26-50(69-49)62-30-42(22-14-2)54(72-62)34-59-47(19-7)39(11)67(77-59)68-40(12)48(20-8)60(78-68)36-56-44(24-16-4)32-64(74-56)52-28-27-51(70-52)63-31-43(23-15-3)55(73-63)35-58-46(18-6)38(10)66(76-58)65-37(9)45(17-5)57(75-65)33-53(41)71-61/h25-36,69-71,74,76-77H,13-24H2,1-12H3/b53-33?,54-34-,55-35-,56-36?,57-33-,58-35?,59-34?,60-36-,61-49?,62-50?,63-51?,64-52?,66-65?,68-67?. The maximum Gasteiger partial charge on any atom is 0.0907 e. The fourth-order valence-electron chi connectivity index (χ4n) is 12.7. The number of nitrogens with one attached hydrogen (secondary N) is 6. The lowest BCUT2D eigenvalue weighted by Gasteiger charge is -2.04. The number of hydrogen-bond donors (Lipinski definition) is 6. The van der Waals surface area contributed by atoms with Crippen LogP contribution >= 0.6 is 0 Å². The summed E-state index contributed by atoms with van der Waals surface area (Å²) in [5.74, 6) is 0. The Kier molecular flexibility index (Phi) is 14.5. The van der Waals surface area contributed by atoms with Crippen LogP contribution in [0, 0.1) is 13.8 Å². The summed E-state index contributed by atoms with van der Waals surface area (Å²) in [5.41, 5.74) is 35.9. The predicted octanol–water partition coefficient (Wildman–Crippen LogP) is 17.2. The van der Waals surface area contributed by atoms with Gasteiger partial charge in [-0.1, -0.05) is 81.1 Å². The highest BCUT2D eigenvalue weighted by Crippen LogP contribution is 2.40. The highest BCUT2D eigenvalue weighted by Gasteiger charge is 2.29. The van der Waals surface area contributed by atoms with Gasteiger partial charge >= 0.3 is 0 Å². The molecular weight excluding hydrogens is 957 g/mol. The molecule has 0 atom stereocenters. The van der Waals surface area contributed by atoms with E-state index in [2.05, 4.69) is 186 Å². The Hall–Kier alpha value is -7.72. The van der Waals surface area contributed by atoms with Crippen LogP contribution in [0.25, 0.3) is 47.1 Å². The van der Waals surface area contributed by atoms with Crippen molar-refractivity contribution in [3.8, 4) is 22.8 Å². The number of aromatic nitrogens is 6. The summed E-state index contributed by atoms with van der Waals surface area (Å²) in [6.45, 7) is 27.0. The van der Waals surface area contributed by atoms with Gasteiger partial charge in [-0.15, -0.1) is 0 Å². The predicted molar refractivity (Wildman–Crippen MR) is 329 cm³/mol. The number of allylic oxidation sites excluding steroid dienone is 8. The molecule has 5 aliphatic rings. The lowest BCUT2D eigenvalue weighted by molar-refractivity contribution is 0.916. The average Bonchev–Trinajstić information content (AvgIpc) is 4.29. The van der Waals surface area contributed by atoms with E-state index in [1.54, 1.807) is 0 Å². The molecular formula is C68H78N10. The first-order chi connectivity index (χ1) is 37.9. The van der Waals surface area contributed by atoms with Gasteiger partial charge in [-0.2, -0.15) is 0 Å². The Morgan fingerprint density at radius 1 is 0.359 bits per heavy atom. The third-order valence-corrected chi connectivity index (χ3v) is 16.7. The highest BCUT2D eigenvalue weighted by atomic mass is 14.9. The number of rotatable bonds is 12. The van der Waals surface area contributed by atoms with Crippen LogP contribution in [-0.2, 0) is 25.7 Å². The highest BCUT2D eigenvalue weighted by molar-refractivity contribution is 6.17. The molecule has 0 amide bonds. The van der Waals surface area contributed by atoms with Gasteiger partial charge in [0.25, 0.3) is 0 Å². The third-order valence-electron chi connectivity index (χ3n) is 16.7. The van der Waals surface area contributed by atoms with Gasteiger partial charge in [0.05, 0.1) is 91.2 Å². The van der Waals surface area contributed by atoms with Crippen LogP contribution in [0.3, 0.4) is 0 Å². The van der Waals surface area contributed by atoms with E-state index in [1.165, 1.54) is 66.8 Å². The van der Waals surface area contributed by atoms with Gasteiger partial charge in [-0.3, -0.25) is 0 Å². The molecule has 5 aliphatic heterocycles. The second-order valence-electron chi connectivity index (χ2n) is 21.8. The molecule has 20 bridgehead atoms. The van der Waals surface area contributed by atoms with E-state index in [-0.39, 0.29) is 0 Å². The summed E-state index contributed by atoms with van der Waals surface area (Å²) in [6.07, 6.45) is 25.2. The van der Waals surface area contributed by atoms with Gasteiger partial charge in [0, 0.05) is 22.8 Å². The Bertz CT molecular complexity index is 3550.